The molecule has 2 N–H and O–H groups in total. The molecule has 0 aliphatic carbocycles. The van der Waals surface area contributed by atoms with Crippen molar-refractivity contribution in [1.29, 1.82) is 0 Å². The van der Waals surface area contributed by atoms with Gasteiger partial charge in [0.15, 0.2) is 10.1 Å². The topological polar surface area (TPSA) is 109 Å². The highest BCUT2D eigenvalue weighted by Gasteiger charge is 2.22. The van der Waals surface area contributed by atoms with Crippen LogP contribution in [0, 0.1) is 13.8 Å². The van der Waals surface area contributed by atoms with Crippen LogP contribution in [-0.2, 0) is 14.6 Å². The Morgan fingerprint density at radius 2 is 1.93 bits per heavy atom. The summed E-state index contributed by atoms with van der Waals surface area (Å²) in [6.07, 6.45) is 0.986. The highest BCUT2D eigenvalue weighted by molar-refractivity contribution is 7.99. The first-order chi connectivity index (χ1) is 14.2. The number of carbonyl (C=O) groups is 1. The average Bonchev–Trinajstić information content (AvgIpc) is 2.70. The van der Waals surface area contributed by atoms with Gasteiger partial charge in [-0.1, -0.05) is 41.6 Å². The van der Waals surface area contributed by atoms with E-state index in [9.17, 15) is 18.0 Å². The summed E-state index contributed by atoms with van der Waals surface area (Å²) in [5.41, 5.74) is 1.92. The van der Waals surface area contributed by atoms with E-state index in [-0.39, 0.29) is 26.7 Å². The number of amides is 1. The van der Waals surface area contributed by atoms with Crippen molar-refractivity contribution in [3.8, 4) is 0 Å². The molecule has 10 heteroatoms. The average molecular weight is 464 g/mol. The molecule has 0 atom stereocenters. The molecule has 2 aromatic carbocycles. The Labute approximate surface area is 182 Å². The summed E-state index contributed by atoms with van der Waals surface area (Å²) in [6.45, 7) is 3.86. The normalized spacial score (nSPS) is 11.3. The number of thioether (sulfide) groups is 1. The minimum Gasteiger partial charge on any atom is -0.325 e. The Balaban J connectivity index is 1.72. The van der Waals surface area contributed by atoms with Crippen molar-refractivity contribution < 1.29 is 13.2 Å². The molecular weight excluding hydrogens is 446 g/mol. The lowest BCUT2D eigenvalue weighted by Crippen LogP contribution is -2.20. The minimum atomic E-state index is -4.07. The molecule has 0 radical (unpaired) electrons. The SMILES string of the molecule is Cc1cccc(NC(=O)CSc2ncc(S(=O)(=O)c3cccc(Cl)c3)c(=O)[nH]2)c1C. The maximum absolute atomic E-state index is 12.7. The number of hydrogen-bond donors (Lipinski definition) is 2. The van der Waals surface area contributed by atoms with E-state index in [1.807, 2.05) is 26.0 Å². The van der Waals surface area contributed by atoms with E-state index in [0.717, 1.165) is 29.1 Å². The third-order valence-electron chi connectivity index (χ3n) is 4.36. The van der Waals surface area contributed by atoms with Gasteiger partial charge in [-0.05, 0) is 49.2 Å². The number of benzene rings is 2. The number of aryl methyl sites for hydroxylation is 1. The molecule has 0 saturated heterocycles. The lowest BCUT2D eigenvalue weighted by Gasteiger charge is -2.10. The first-order valence-corrected chi connectivity index (χ1v) is 11.6. The zero-order chi connectivity index (χ0) is 21.9. The Morgan fingerprint density at radius 1 is 1.20 bits per heavy atom. The zero-order valence-electron chi connectivity index (χ0n) is 16.1. The highest BCUT2D eigenvalue weighted by atomic mass is 35.5. The maximum Gasteiger partial charge on any atom is 0.270 e. The van der Waals surface area contributed by atoms with E-state index in [2.05, 4.69) is 15.3 Å². The number of aromatic nitrogens is 2. The van der Waals surface area contributed by atoms with E-state index >= 15 is 0 Å². The summed E-state index contributed by atoms with van der Waals surface area (Å²) >= 11 is 6.84. The first-order valence-electron chi connectivity index (χ1n) is 8.77. The van der Waals surface area contributed by atoms with Gasteiger partial charge in [-0.15, -0.1) is 0 Å². The number of halogens is 1. The van der Waals surface area contributed by atoms with Crippen LogP contribution in [0.1, 0.15) is 11.1 Å². The lowest BCUT2D eigenvalue weighted by atomic mass is 10.1. The molecule has 1 amide bonds. The summed E-state index contributed by atoms with van der Waals surface area (Å²) in [5.74, 6) is -0.275. The quantitative estimate of drug-likeness (QED) is 0.427. The molecule has 156 valence electrons. The smallest absolute Gasteiger partial charge is 0.270 e. The lowest BCUT2D eigenvalue weighted by molar-refractivity contribution is -0.113. The molecule has 1 aromatic heterocycles. The number of hydrogen-bond acceptors (Lipinski definition) is 6. The highest BCUT2D eigenvalue weighted by Crippen LogP contribution is 2.22. The van der Waals surface area contributed by atoms with E-state index in [1.54, 1.807) is 6.07 Å². The van der Waals surface area contributed by atoms with Crippen LogP contribution in [0.2, 0.25) is 5.02 Å². The third-order valence-corrected chi connectivity index (χ3v) is 7.22. The van der Waals surface area contributed by atoms with Crippen LogP contribution >= 0.6 is 23.4 Å². The van der Waals surface area contributed by atoms with Gasteiger partial charge in [-0.2, -0.15) is 0 Å². The minimum absolute atomic E-state index is 0.00326. The summed E-state index contributed by atoms with van der Waals surface area (Å²) in [7, 11) is -4.07. The number of anilines is 1. The molecule has 3 aromatic rings. The number of nitrogens with zero attached hydrogens (tertiary/aromatic N) is 1. The van der Waals surface area contributed by atoms with Gasteiger partial charge in [0.2, 0.25) is 15.7 Å². The largest absolute Gasteiger partial charge is 0.325 e. The van der Waals surface area contributed by atoms with Gasteiger partial charge in [0.05, 0.1) is 16.8 Å². The van der Waals surface area contributed by atoms with Crippen LogP contribution < -0.4 is 10.9 Å². The molecule has 0 aliphatic heterocycles. The van der Waals surface area contributed by atoms with Gasteiger partial charge >= 0.3 is 0 Å². The first kappa shape index (κ1) is 22.1. The van der Waals surface area contributed by atoms with E-state index < -0.39 is 20.3 Å². The summed E-state index contributed by atoms with van der Waals surface area (Å²) < 4.78 is 25.3. The molecule has 3 rings (SSSR count). The van der Waals surface area contributed by atoms with Gasteiger partial charge in [0, 0.05) is 10.7 Å². The Kier molecular flexibility index (Phi) is 6.64. The molecule has 0 saturated carbocycles. The van der Waals surface area contributed by atoms with E-state index in [4.69, 9.17) is 11.6 Å². The van der Waals surface area contributed by atoms with Crippen molar-refractivity contribution in [2.24, 2.45) is 0 Å². The predicted octanol–water partition coefficient (Wildman–Crippen LogP) is 3.60. The predicted molar refractivity (Wildman–Crippen MR) is 117 cm³/mol. The fourth-order valence-corrected chi connectivity index (χ4v) is 4.77. The fourth-order valence-electron chi connectivity index (χ4n) is 2.60. The number of sulfone groups is 1. The zero-order valence-corrected chi connectivity index (χ0v) is 18.5. The molecule has 0 fully saturated rings. The van der Waals surface area contributed by atoms with Crippen molar-refractivity contribution >= 4 is 44.8 Å². The third kappa shape index (κ3) is 4.92. The van der Waals surface area contributed by atoms with E-state index in [0.29, 0.717) is 5.69 Å². The molecule has 0 bridgehead atoms. The second kappa shape index (κ2) is 9.03. The Morgan fingerprint density at radius 3 is 2.63 bits per heavy atom. The Bertz CT molecular complexity index is 1270. The van der Waals surface area contributed by atoms with Gasteiger partial charge < -0.3 is 10.3 Å². The standard InChI is InChI=1S/C20H18ClN3O4S2/c1-12-5-3-8-16(13(12)2)23-18(25)11-29-20-22-10-17(19(26)24-20)30(27,28)15-7-4-6-14(21)9-15/h3-10H,11H2,1-2H3,(H,23,25)(H,22,24,26). The van der Waals surface area contributed by atoms with E-state index in [1.165, 1.54) is 24.3 Å². The van der Waals surface area contributed by atoms with Gasteiger partial charge in [-0.3, -0.25) is 9.59 Å². The van der Waals surface area contributed by atoms with Crippen molar-refractivity contribution in [3.63, 3.8) is 0 Å². The molecule has 0 unspecified atom stereocenters. The summed E-state index contributed by atoms with van der Waals surface area (Å²) in [4.78, 5) is 30.4. The van der Waals surface area contributed by atoms with Crippen molar-refractivity contribution in [2.75, 3.05) is 11.1 Å². The molecular formula is C20H18ClN3O4S2. The fraction of sp³-hybridized carbons (Fsp3) is 0.150. The summed E-state index contributed by atoms with van der Waals surface area (Å²) in [6, 6.07) is 11.2. The monoisotopic (exact) mass is 463 g/mol. The van der Waals surface area contributed by atoms with Crippen LogP contribution in [0.4, 0.5) is 5.69 Å². The Hall–Kier alpha value is -2.62. The maximum atomic E-state index is 12.7. The van der Waals surface area contributed by atoms with Crippen molar-refractivity contribution in [1.82, 2.24) is 9.97 Å². The number of H-pyrrole nitrogens is 1. The van der Waals surface area contributed by atoms with Crippen LogP contribution in [0.25, 0.3) is 0 Å². The van der Waals surface area contributed by atoms with Crippen LogP contribution in [0.5, 0.6) is 0 Å². The van der Waals surface area contributed by atoms with Crippen molar-refractivity contribution in [3.05, 3.63) is 75.2 Å². The van der Waals surface area contributed by atoms with Gasteiger partial charge in [-0.25, -0.2) is 13.4 Å². The molecule has 0 spiro atoms. The molecule has 7 nitrogen and oxygen atoms in total. The molecule has 0 aliphatic rings. The van der Waals surface area contributed by atoms with Crippen LogP contribution in [0.15, 0.2) is 68.4 Å². The van der Waals surface area contributed by atoms with Crippen LogP contribution in [0.3, 0.4) is 0 Å². The van der Waals surface area contributed by atoms with Gasteiger partial charge in [0.1, 0.15) is 0 Å². The molecule has 30 heavy (non-hydrogen) atoms. The summed E-state index contributed by atoms with van der Waals surface area (Å²) in [5, 5.41) is 3.19. The number of carbonyl (C=O) groups excluding carboxylic acids is 1. The van der Waals surface area contributed by atoms with Crippen molar-refractivity contribution in [2.45, 2.75) is 28.8 Å². The second-order valence-electron chi connectivity index (χ2n) is 6.43. The number of nitrogens with one attached hydrogen (secondary N) is 2. The van der Waals surface area contributed by atoms with Crippen LogP contribution in [-0.4, -0.2) is 30.0 Å². The number of aromatic amines is 1. The molecule has 1 heterocycles. The van der Waals surface area contributed by atoms with Gasteiger partial charge in [0.25, 0.3) is 5.56 Å². The second-order valence-corrected chi connectivity index (χ2v) is 9.75. The number of rotatable bonds is 6.